The second-order valence-electron chi connectivity index (χ2n) is 12.5. The van der Waals surface area contributed by atoms with Gasteiger partial charge in [0.25, 0.3) is 0 Å². The lowest BCUT2D eigenvalue weighted by Crippen LogP contribution is -2.65. The molecule has 29 heavy (non-hydrogen) atoms. The van der Waals surface area contributed by atoms with Crippen LogP contribution in [0.5, 0.6) is 0 Å². The van der Waals surface area contributed by atoms with E-state index in [1.165, 1.54) is 63.4 Å². The molecule has 0 aliphatic heterocycles. The molecule has 2 heteroatoms. The standard InChI is InChI=1S/C27H35NO/c29-24(28-27-14-18-6-19(15-27)8-20(7-18)16-27)26-12-21-9-22(13-26)11-25(10-21,17-26)23-4-2-1-3-5-23/h1-5,18-22H,6-17H2,(H,28,29). The van der Waals surface area contributed by atoms with E-state index in [0.717, 1.165) is 48.9 Å². The highest BCUT2D eigenvalue weighted by Crippen LogP contribution is 2.66. The Labute approximate surface area is 175 Å². The molecule has 9 rings (SSSR count). The van der Waals surface area contributed by atoms with Gasteiger partial charge in [0.05, 0.1) is 5.41 Å². The molecule has 2 unspecified atom stereocenters. The van der Waals surface area contributed by atoms with E-state index < -0.39 is 0 Å². The maximum absolute atomic E-state index is 14.0. The number of benzene rings is 1. The summed E-state index contributed by atoms with van der Waals surface area (Å²) in [7, 11) is 0. The van der Waals surface area contributed by atoms with Crippen molar-refractivity contribution in [3.8, 4) is 0 Å². The second-order valence-corrected chi connectivity index (χ2v) is 12.5. The van der Waals surface area contributed by atoms with Crippen LogP contribution in [0, 0.1) is 35.0 Å². The highest BCUT2D eigenvalue weighted by Gasteiger charge is 2.62. The molecule has 1 N–H and O–H groups in total. The molecule has 2 atom stereocenters. The molecule has 0 heterocycles. The summed E-state index contributed by atoms with van der Waals surface area (Å²) < 4.78 is 0. The molecular weight excluding hydrogens is 354 g/mol. The van der Waals surface area contributed by atoms with E-state index in [-0.39, 0.29) is 16.4 Å². The number of nitrogens with one attached hydrogen (secondary N) is 1. The first-order chi connectivity index (χ1) is 14.0. The van der Waals surface area contributed by atoms with Crippen molar-refractivity contribution in [2.24, 2.45) is 35.0 Å². The van der Waals surface area contributed by atoms with Gasteiger partial charge in [0.2, 0.25) is 5.91 Å². The van der Waals surface area contributed by atoms with Gasteiger partial charge in [-0.3, -0.25) is 4.79 Å². The number of hydrogen-bond donors (Lipinski definition) is 1. The van der Waals surface area contributed by atoms with E-state index in [2.05, 4.69) is 35.6 Å². The van der Waals surface area contributed by atoms with Gasteiger partial charge in [0, 0.05) is 5.54 Å². The van der Waals surface area contributed by atoms with Crippen molar-refractivity contribution in [2.75, 3.05) is 0 Å². The fourth-order valence-electron chi connectivity index (χ4n) is 10.3. The molecule has 8 aliphatic carbocycles. The summed E-state index contributed by atoms with van der Waals surface area (Å²) in [4.78, 5) is 14.0. The SMILES string of the molecule is O=C(NC12CC3CC(CC(C3)C1)C2)C12CC3CC(C1)CC(c1ccccc1)(C3)C2. The zero-order valence-corrected chi connectivity index (χ0v) is 17.7. The van der Waals surface area contributed by atoms with Crippen molar-refractivity contribution in [2.45, 2.75) is 88.0 Å². The largest absolute Gasteiger partial charge is 0.350 e. The quantitative estimate of drug-likeness (QED) is 0.715. The predicted molar refractivity (Wildman–Crippen MR) is 114 cm³/mol. The number of carbonyl (C=O) groups is 1. The maximum atomic E-state index is 14.0. The second kappa shape index (κ2) is 5.68. The Morgan fingerprint density at radius 2 is 1.28 bits per heavy atom. The monoisotopic (exact) mass is 389 g/mol. The predicted octanol–water partition coefficient (Wildman–Crippen LogP) is 5.61. The fourth-order valence-corrected chi connectivity index (χ4v) is 10.3. The Morgan fingerprint density at radius 1 is 0.724 bits per heavy atom. The lowest BCUT2D eigenvalue weighted by Gasteiger charge is -2.63. The summed E-state index contributed by atoms with van der Waals surface area (Å²) in [5.74, 6) is 4.68. The lowest BCUT2D eigenvalue weighted by molar-refractivity contribution is -0.154. The van der Waals surface area contributed by atoms with Crippen LogP contribution >= 0.6 is 0 Å². The van der Waals surface area contributed by atoms with Gasteiger partial charge in [-0.05, 0) is 118 Å². The third-order valence-electron chi connectivity index (χ3n) is 10.3. The first-order valence-corrected chi connectivity index (χ1v) is 12.4. The van der Waals surface area contributed by atoms with E-state index in [9.17, 15) is 4.79 Å². The van der Waals surface area contributed by atoms with Crippen LogP contribution in [-0.4, -0.2) is 11.4 Å². The molecule has 0 radical (unpaired) electrons. The van der Waals surface area contributed by atoms with Gasteiger partial charge in [-0.1, -0.05) is 30.3 Å². The molecule has 8 bridgehead atoms. The first kappa shape index (κ1) is 17.4. The zero-order valence-electron chi connectivity index (χ0n) is 17.7. The summed E-state index contributed by atoms with van der Waals surface area (Å²) in [6.07, 6.45) is 15.6. The molecule has 1 aromatic rings. The van der Waals surface area contributed by atoms with Gasteiger partial charge >= 0.3 is 0 Å². The van der Waals surface area contributed by atoms with Crippen molar-refractivity contribution >= 4 is 5.91 Å². The lowest BCUT2D eigenvalue weighted by atomic mass is 9.42. The summed E-state index contributed by atoms with van der Waals surface area (Å²) in [5, 5.41) is 3.81. The highest BCUT2D eigenvalue weighted by molar-refractivity contribution is 5.84. The third kappa shape index (κ3) is 2.50. The molecule has 0 saturated heterocycles. The molecule has 8 aliphatic rings. The van der Waals surface area contributed by atoms with Gasteiger partial charge in [-0.15, -0.1) is 0 Å². The van der Waals surface area contributed by atoms with Crippen LogP contribution in [0.4, 0.5) is 0 Å². The summed E-state index contributed by atoms with van der Waals surface area (Å²) in [5.41, 5.74) is 1.86. The van der Waals surface area contributed by atoms with E-state index in [4.69, 9.17) is 0 Å². The van der Waals surface area contributed by atoms with E-state index >= 15 is 0 Å². The Balaban J connectivity index is 1.20. The van der Waals surface area contributed by atoms with E-state index in [0.29, 0.717) is 5.91 Å². The summed E-state index contributed by atoms with van der Waals surface area (Å²) in [6.45, 7) is 0. The van der Waals surface area contributed by atoms with Gasteiger partial charge in [-0.2, -0.15) is 0 Å². The van der Waals surface area contributed by atoms with Crippen LogP contribution in [0.25, 0.3) is 0 Å². The van der Waals surface area contributed by atoms with Crippen molar-refractivity contribution in [3.63, 3.8) is 0 Å². The van der Waals surface area contributed by atoms with Crippen molar-refractivity contribution in [3.05, 3.63) is 35.9 Å². The number of carbonyl (C=O) groups excluding carboxylic acids is 1. The smallest absolute Gasteiger partial charge is 0.226 e. The van der Waals surface area contributed by atoms with Gasteiger partial charge in [0.15, 0.2) is 0 Å². The van der Waals surface area contributed by atoms with Gasteiger partial charge in [0.1, 0.15) is 0 Å². The van der Waals surface area contributed by atoms with E-state index in [1.54, 1.807) is 0 Å². The minimum Gasteiger partial charge on any atom is -0.350 e. The molecule has 154 valence electrons. The number of hydrogen-bond acceptors (Lipinski definition) is 1. The normalized spacial score (nSPS) is 51.4. The maximum Gasteiger partial charge on any atom is 0.226 e. The van der Waals surface area contributed by atoms with Crippen LogP contribution in [0.1, 0.15) is 82.6 Å². The van der Waals surface area contributed by atoms with Crippen LogP contribution in [0.15, 0.2) is 30.3 Å². The minimum absolute atomic E-state index is 0.0801. The summed E-state index contributed by atoms with van der Waals surface area (Å²) >= 11 is 0. The van der Waals surface area contributed by atoms with Crippen LogP contribution in [0.3, 0.4) is 0 Å². The van der Waals surface area contributed by atoms with Crippen molar-refractivity contribution in [1.29, 1.82) is 0 Å². The topological polar surface area (TPSA) is 29.1 Å². The average Bonchev–Trinajstić information content (AvgIpc) is 2.66. The van der Waals surface area contributed by atoms with Crippen LogP contribution in [0.2, 0.25) is 0 Å². The van der Waals surface area contributed by atoms with Crippen LogP contribution < -0.4 is 5.32 Å². The molecular formula is C27H35NO. The molecule has 2 nitrogen and oxygen atoms in total. The Morgan fingerprint density at radius 3 is 1.86 bits per heavy atom. The number of amides is 1. The van der Waals surface area contributed by atoms with Crippen LogP contribution in [-0.2, 0) is 10.2 Å². The fraction of sp³-hybridized carbons (Fsp3) is 0.741. The van der Waals surface area contributed by atoms with Gasteiger partial charge < -0.3 is 5.32 Å². The molecule has 0 aromatic heterocycles. The molecule has 8 saturated carbocycles. The Hall–Kier alpha value is -1.31. The molecule has 1 aromatic carbocycles. The first-order valence-electron chi connectivity index (χ1n) is 12.4. The molecule has 0 spiro atoms. The zero-order chi connectivity index (χ0) is 19.3. The highest BCUT2D eigenvalue weighted by atomic mass is 16.2. The van der Waals surface area contributed by atoms with Gasteiger partial charge in [-0.25, -0.2) is 0 Å². The van der Waals surface area contributed by atoms with Crippen molar-refractivity contribution < 1.29 is 4.79 Å². The summed E-state index contributed by atoms with van der Waals surface area (Å²) in [6, 6.07) is 11.2. The average molecular weight is 390 g/mol. The van der Waals surface area contributed by atoms with E-state index in [1.807, 2.05) is 0 Å². The number of rotatable bonds is 3. The third-order valence-corrected chi connectivity index (χ3v) is 10.3. The molecule has 1 amide bonds. The molecule has 8 fully saturated rings. The van der Waals surface area contributed by atoms with Crippen molar-refractivity contribution in [1.82, 2.24) is 5.32 Å². The minimum atomic E-state index is -0.0801. The Bertz CT molecular complexity index is 792. The Kier molecular flexibility index (Phi) is 3.40.